The van der Waals surface area contributed by atoms with Gasteiger partial charge in [0.05, 0.1) is 14.2 Å². The summed E-state index contributed by atoms with van der Waals surface area (Å²) in [5, 5.41) is 4.10. The lowest BCUT2D eigenvalue weighted by atomic mass is 10.1. The molecule has 1 aromatic carbocycles. The molecule has 0 saturated heterocycles. The summed E-state index contributed by atoms with van der Waals surface area (Å²) in [4.78, 5) is 14.7. The Balaban J connectivity index is 2.25. The minimum absolute atomic E-state index is 0.00903. The Morgan fingerprint density at radius 2 is 1.86 bits per heavy atom. The van der Waals surface area contributed by atoms with Gasteiger partial charge in [-0.3, -0.25) is 4.79 Å². The van der Waals surface area contributed by atoms with Gasteiger partial charge in [-0.05, 0) is 40.9 Å². The number of benzene rings is 1. The first-order valence-electron chi connectivity index (χ1n) is 7.21. The highest BCUT2D eigenvalue weighted by atomic mass is 32.1. The topological polar surface area (TPSA) is 38.8 Å². The molecule has 0 radical (unpaired) electrons. The lowest BCUT2D eigenvalue weighted by molar-refractivity contribution is 0.0742. The third-order valence-electron chi connectivity index (χ3n) is 3.33. The molecule has 0 aliphatic carbocycles. The Morgan fingerprint density at radius 1 is 1.18 bits per heavy atom. The largest absolute Gasteiger partial charge is 0.497 e. The van der Waals surface area contributed by atoms with E-state index in [4.69, 9.17) is 9.47 Å². The van der Waals surface area contributed by atoms with Crippen molar-refractivity contribution in [1.82, 2.24) is 4.90 Å². The zero-order chi connectivity index (χ0) is 15.9. The van der Waals surface area contributed by atoms with Crippen LogP contribution in [0.1, 0.15) is 29.3 Å². The van der Waals surface area contributed by atoms with Gasteiger partial charge in [-0.25, -0.2) is 0 Å². The number of carbonyl (C=O) groups excluding carboxylic acids is 1. The Labute approximate surface area is 135 Å². The molecular weight excluding hydrogens is 298 g/mol. The molecule has 0 aliphatic rings. The molecule has 0 unspecified atom stereocenters. The quantitative estimate of drug-likeness (QED) is 0.779. The molecule has 5 heteroatoms. The average Bonchev–Trinajstić information content (AvgIpc) is 3.06. The van der Waals surface area contributed by atoms with E-state index in [1.807, 2.05) is 16.3 Å². The highest BCUT2D eigenvalue weighted by Gasteiger charge is 2.17. The average molecular weight is 319 g/mol. The molecule has 0 bridgehead atoms. The molecule has 0 atom stereocenters. The molecule has 0 saturated carbocycles. The first-order chi connectivity index (χ1) is 10.7. The van der Waals surface area contributed by atoms with Gasteiger partial charge in [0.2, 0.25) is 0 Å². The summed E-state index contributed by atoms with van der Waals surface area (Å²) in [7, 11) is 3.16. The molecule has 1 heterocycles. The van der Waals surface area contributed by atoms with Gasteiger partial charge >= 0.3 is 0 Å². The van der Waals surface area contributed by atoms with E-state index in [0.717, 1.165) is 12.0 Å². The Hall–Kier alpha value is -2.01. The van der Waals surface area contributed by atoms with Gasteiger partial charge in [0.15, 0.2) is 0 Å². The molecule has 0 aliphatic heterocycles. The van der Waals surface area contributed by atoms with Crippen molar-refractivity contribution < 1.29 is 14.3 Å². The number of hydrogen-bond acceptors (Lipinski definition) is 4. The van der Waals surface area contributed by atoms with E-state index in [-0.39, 0.29) is 5.91 Å². The number of carbonyl (C=O) groups is 1. The van der Waals surface area contributed by atoms with Crippen molar-refractivity contribution >= 4 is 17.2 Å². The minimum atomic E-state index is -0.00903. The monoisotopic (exact) mass is 319 g/mol. The molecule has 0 spiro atoms. The van der Waals surface area contributed by atoms with Crippen LogP contribution in [0.2, 0.25) is 0 Å². The highest BCUT2D eigenvalue weighted by Crippen LogP contribution is 2.24. The van der Waals surface area contributed by atoms with Crippen LogP contribution in [0.5, 0.6) is 11.5 Å². The third kappa shape index (κ3) is 4.01. The van der Waals surface area contributed by atoms with Crippen molar-refractivity contribution in [3.8, 4) is 11.5 Å². The predicted octanol–water partition coefficient (Wildman–Crippen LogP) is 3.82. The van der Waals surface area contributed by atoms with Gasteiger partial charge in [0.25, 0.3) is 5.91 Å². The Kier molecular flexibility index (Phi) is 5.83. The Bertz CT molecular complexity index is 588. The number of nitrogens with zero attached hydrogens (tertiary/aromatic N) is 1. The molecule has 0 N–H and O–H groups in total. The third-order valence-corrected chi connectivity index (χ3v) is 4.06. The van der Waals surface area contributed by atoms with E-state index >= 15 is 0 Å². The van der Waals surface area contributed by atoms with Gasteiger partial charge in [-0.15, -0.1) is 0 Å². The highest BCUT2D eigenvalue weighted by molar-refractivity contribution is 7.07. The first-order valence-corrected chi connectivity index (χ1v) is 8.15. The fourth-order valence-corrected chi connectivity index (χ4v) is 2.90. The number of amides is 1. The SMILES string of the molecule is CCCN(Cc1ccsc1)C(=O)c1cc(OC)cc(OC)c1. The molecule has 22 heavy (non-hydrogen) atoms. The van der Waals surface area contributed by atoms with E-state index in [2.05, 4.69) is 12.3 Å². The van der Waals surface area contributed by atoms with Crippen molar-refractivity contribution in [3.63, 3.8) is 0 Å². The van der Waals surface area contributed by atoms with Crippen LogP contribution in [0.25, 0.3) is 0 Å². The summed E-state index contributed by atoms with van der Waals surface area (Å²) in [6.07, 6.45) is 0.914. The van der Waals surface area contributed by atoms with Crippen LogP contribution in [0.4, 0.5) is 0 Å². The van der Waals surface area contributed by atoms with Crippen molar-refractivity contribution in [2.75, 3.05) is 20.8 Å². The fraction of sp³-hybridized carbons (Fsp3) is 0.353. The second-order valence-electron chi connectivity index (χ2n) is 4.96. The summed E-state index contributed by atoms with van der Waals surface area (Å²) in [5.41, 5.74) is 1.74. The molecule has 0 fully saturated rings. The zero-order valence-electron chi connectivity index (χ0n) is 13.2. The summed E-state index contributed by atoms with van der Waals surface area (Å²) >= 11 is 1.64. The normalized spacial score (nSPS) is 10.3. The summed E-state index contributed by atoms with van der Waals surface area (Å²) in [5.74, 6) is 1.23. The van der Waals surface area contributed by atoms with Crippen molar-refractivity contribution in [2.45, 2.75) is 19.9 Å². The maximum absolute atomic E-state index is 12.8. The van der Waals surface area contributed by atoms with E-state index in [1.54, 1.807) is 43.8 Å². The predicted molar refractivity (Wildman–Crippen MR) is 88.9 cm³/mol. The van der Waals surface area contributed by atoms with E-state index in [0.29, 0.717) is 30.2 Å². The van der Waals surface area contributed by atoms with E-state index in [1.165, 1.54) is 0 Å². The van der Waals surface area contributed by atoms with Crippen LogP contribution >= 0.6 is 11.3 Å². The minimum Gasteiger partial charge on any atom is -0.497 e. The maximum Gasteiger partial charge on any atom is 0.254 e. The van der Waals surface area contributed by atoms with Crippen molar-refractivity contribution in [2.24, 2.45) is 0 Å². The summed E-state index contributed by atoms with van der Waals surface area (Å²) in [6.45, 7) is 3.41. The number of ether oxygens (including phenoxy) is 2. The van der Waals surface area contributed by atoms with Gasteiger partial charge in [0.1, 0.15) is 11.5 Å². The Morgan fingerprint density at radius 3 is 2.36 bits per heavy atom. The van der Waals surface area contributed by atoms with Gasteiger partial charge < -0.3 is 14.4 Å². The summed E-state index contributed by atoms with van der Waals surface area (Å²) < 4.78 is 10.5. The molecule has 1 amide bonds. The van der Waals surface area contributed by atoms with Crippen molar-refractivity contribution in [1.29, 1.82) is 0 Å². The molecule has 4 nitrogen and oxygen atoms in total. The van der Waals surface area contributed by atoms with Crippen LogP contribution < -0.4 is 9.47 Å². The lowest BCUT2D eigenvalue weighted by Crippen LogP contribution is -2.31. The van der Waals surface area contributed by atoms with Gasteiger partial charge in [-0.2, -0.15) is 11.3 Å². The van der Waals surface area contributed by atoms with Crippen molar-refractivity contribution in [3.05, 3.63) is 46.2 Å². The molecule has 2 aromatic rings. The molecule has 1 aromatic heterocycles. The number of rotatable bonds is 7. The standard InChI is InChI=1S/C17H21NO3S/c1-4-6-18(11-13-5-7-22-12-13)17(19)14-8-15(20-2)10-16(9-14)21-3/h5,7-10,12H,4,6,11H2,1-3H3. The maximum atomic E-state index is 12.8. The van der Waals surface area contributed by atoms with E-state index < -0.39 is 0 Å². The van der Waals surface area contributed by atoms with Gasteiger partial charge in [-0.1, -0.05) is 6.92 Å². The van der Waals surface area contributed by atoms with E-state index in [9.17, 15) is 4.79 Å². The molecule has 2 rings (SSSR count). The van der Waals surface area contributed by atoms with Crippen LogP contribution in [0.3, 0.4) is 0 Å². The number of thiophene rings is 1. The smallest absolute Gasteiger partial charge is 0.254 e. The molecule has 118 valence electrons. The summed E-state index contributed by atoms with van der Waals surface area (Å²) in [6, 6.07) is 7.31. The van der Waals surface area contributed by atoms with Gasteiger partial charge in [0, 0.05) is 24.7 Å². The fourth-order valence-electron chi connectivity index (χ4n) is 2.24. The first kappa shape index (κ1) is 16.4. The zero-order valence-corrected chi connectivity index (χ0v) is 14.0. The van der Waals surface area contributed by atoms with Crippen LogP contribution in [-0.4, -0.2) is 31.6 Å². The lowest BCUT2D eigenvalue weighted by Gasteiger charge is -2.22. The second-order valence-corrected chi connectivity index (χ2v) is 5.74. The van der Waals surface area contributed by atoms with Crippen LogP contribution in [-0.2, 0) is 6.54 Å². The van der Waals surface area contributed by atoms with Crippen LogP contribution in [0.15, 0.2) is 35.0 Å². The number of hydrogen-bond donors (Lipinski definition) is 0. The molecular formula is C17H21NO3S. The number of methoxy groups -OCH3 is 2. The second kappa shape index (κ2) is 7.84. The van der Waals surface area contributed by atoms with Crippen LogP contribution in [0, 0.1) is 0 Å².